The second-order valence-electron chi connectivity index (χ2n) is 11.1. The molecular formula is C30H32N6O5Si. The van der Waals surface area contributed by atoms with Gasteiger partial charge in [0.05, 0.1) is 29.5 Å². The molecule has 0 aliphatic heterocycles. The van der Waals surface area contributed by atoms with E-state index in [2.05, 4.69) is 44.9 Å². The van der Waals surface area contributed by atoms with Crippen LogP contribution in [0, 0.1) is 0 Å². The van der Waals surface area contributed by atoms with Crippen LogP contribution in [-0.4, -0.2) is 66.8 Å². The molecule has 0 amide bonds. The summed E-state index contributed by atoms with van der Waals surface area (Å²) in [7, 11) is -1.16. The van der Waals surface area contributed by atoms with Gasteiger partial charge in [-0.15, -0.1) is 0 Å². The van der Waals surface area contributed by atoms with Crippen LogP contribution < -0.4 is 0 Å². The fourth-order valence-corrected chi connectivity index (χ4v) is 5.27. The molecule has 6 rings (SSSR count). The highest BCUT2D eigenvalue weighted by atomic mass is 28.3. The lowest BCUT2D eigenvalue weighted by molar-refractivity contribution is 0.0685. The molecular weight excluding hydrogens is 552 g/mol. The molecule has 0 atom stereocenters. The van der Waals surface area contributed by atoms with E-state index in [0.29, 0.717) is 18.0 Å². The smallest absolute Gasteiger partial charge is 0.339 e. The van der Waals surface area contributed by atoms with E-state index in [0.717, 1.165) is 39.2 Å². The molecule has 0 fully saturated rings. The number of carboxylic acid groups (broad SMARTS) is 2. The summed E-state index contributed by atoms with van der Waals surface area (Å²) in [5.74, 6) is -1.99. The van der Waals surface area contributed by atoms with Crippen LogP contribution >= 0.6 is 0 Å². The van der Waals surface area contributed by atoms with Gasteiger partial charge in [-0.3, -0.25) is 5.10 Å². The van der Waals surface area contributed by atoms with E-state index >= 15 is 0 Å². The van der Waals surface area contributed by atoms with E-state index < -0.39 is 20.0 Å². The molecule has 0 saturated heterocycles. The molecule has 0 bridgehead atoms. The minimum absolute atomic E-state index is 0.163. The normalized spacial score (nSPS) is 11.5. The van der Waals surface area contributed by atoms with Gasteiger partial charge in [-0.2, -0.15) is 10.2 Å². The van der Waals surface area contributed by atoms with Crippen molar-refractivity contribution in [1.82, 2.24) is 29.9 Å². The quantitative estimate of drug-likeness (QED) is 0.0984. The number of fused-ring (bicyclic) bond motifs is 2. The lowest BCUT2D eigenvalue weighted by Gasteiger charge is -2.15. The minimum Gasteiger partial charge on any atom is -0.478 e. The van der Waals surface area contributed by atoms with E-state index in [1.807, 2.05) is 60.7 Å². The van der Waals surface area contributed by atoms with Gasteiger partial charge in [-0.1, -0.05) is 56.0 Å². The maximum atomic E-state index is 11.6. The van der Waals surface area contributed by atoms with Gasteiger partial charge in [0.25, 0.3) is 0 Å². The Kier molecular flexibility index (Phi) is 8.09. The molecule has 0 radical (unpaired) electrons. The number of carbonyl (C=O) groups is 2. The van der Waals surface area contributed by atoms with Gasteiger partial charge in [-0.25, -0.2) is 14.3 Å². The average Bonchev–Trinajstić information content (AvgIpc) is 3.74. The number of carboxylic acids is 2. The molecule has 0 aliphatic carbocycles. The first-order valence-corrected chi connectivity index (χ1v) is 17.1. The fraction of sp³-hybridized carbons (Fsp3) is 0.200. The molecule has 0 unspecified atom stereocenters. The van der Waals surface area contributed by atoms with Crippen LogP contribution in [0.1, 0.15) is 20.7 Å². The van der Waals surface area contributed by atoms with Crippen molar-refractivity contribution >= 4 is 41.8 Å². The van der Waals surface area contributed by atoms with E-state index in [9.17, 15) is 14.7 Å². The monoisotopic (exact) mass is 584 g/mol. The third kappa shape index (κ3) is 6.34. The number of aromatic nitrogens is 6. The minimum atomic E-state index is -1.16. The summed E-state index contributed by atoms with van der Waals surface area (Å²) < 4.78 is 7.36. The van der Waals surface area contributed by atoms with Crippen LogP contribution in [0.3, 0.4) is 0 Å². The molecule has 0 aliphatic rings. The zero-order valence-electron chi connectivity index (χ0n) is 23.5. The van der Waals surface area contributed by atoms with Crippen LogP contribution in [0.2, 0.25) is 25.7 Å². The van der Waals surface area contributed by atoms with Gasteiger partial charge >= 0.3 is 11.9 Å². The molecule has 11 nitrogen and oxygen atoms in total. The predicted molar refractivity (Wildman–Crippen MR) is 163 cm³/mol. The van der Waals surface area contributed by atoms with Crippen molar-refractivity contribution in [2.45, 2.75) is 32.4 Å². The van der Waals surface area contributed by atoms with Crippen LogP contribution in [-0.2, 0) is 11.5 Å². The molecule has 0 spiro atoms. The Labute approximate surface area is 242 Å². The third-order valence-electron chi connectivity index (χ3n) is 6.73. The van der Waals surface area contributed by atoms with Crippen LogP contribution in [0.4, 0.5) is 0 Å². The number of hydrogen-bond donors (Lipinski definition) is 5. The van der Waals surface area contributed by atoms with Gasteiger partial charge in [-0.05, 0) is 30.3 Å². The van der Waals surface area contributed by atoms with Crippen molar-refractivity contribution in [1.29, 1.82) is 0 Å². The lowest BCUT2D eigenvalue weighted by Crippen LogP contribution is -2.22. The molecule has 0 saturated carbocycles. The highest BCUT2D eigenvalue weighted by Crippen LogP contribution is 2.28. The summed E-state index contributed by atoms with van der Waals surface area (Å²) in [5.41, 5.74) is 4.74. The van der Waals surface area contributed by atoms with Crippen LogP contribution in [0.5, 0.6) is 0 Å². The predicted octanol–water partition coefficient (Wildman–Crippen LogP) is 6.30. The second kappa shape index (κ2) is 11.9. The SMILES string of the molecule is C[Si](C)(C)CCOCn1ncc(C(=O)O)c1-c1cc2ccccc2[nH]1.O=C(O)c1cn[nH]c1-c1cc2ccccc2[nH]1. The molecule has 42 heavy (non-hydrogen) atoms. The first-order chi connectivity index (χ1) is 20.1. The Morgan fingerprint density at radius 2 is 1.45 bits per heavy atom. The Balaban J connectivity index is 0.000000180. The number of nitrogens with one attached hydrogen (secondary N) is 3. The van der Waals surface area contributed by atoms with E-state index in [-0.39, 0.29) is 17.9 Å². The largest absolute Gasteiger partial charge is 0.478 e. The summed E-state index contributed by atoms with van der Waals surface area (Å²) in [6.07, 6.45) is 2.69. The Hall–Kier alpha value is -4.94. The summed E-state index contributed by atoms with van der Waals surface area (Å²) in [5, 5.41) is 31.3. The topological polar surface area (TPSA) is 162 Å². The van der Waals surface area contributed by atoms with Gasteiger partial charge < -0.3 is 24.9 Å². The molecule has 6 aromatic rings. The van der Waals surface area contributed by atoms with Crippen molar-refractivity contribution in [2.24, 2.45) is 0 Å². The molecule has 4 aromatic heterocycles. The highest BCUT2D eigenvalue weighted by molar-refractivity contribution is 6.76. The molecule has 5 N–H and O–H groups in total. The van der Waals surface area contributed by atoms with E-state index in [1.54, 1.807) is 4.68 Å². The third-order valence-corrected chi connectivity index (χ3v) is 8.44. The number of hydrogen-bond acceptors (Lipinski definition) is 5. The van der Waals surface area contributed by atoms with Crippen molar-refractivity contribution in [2.75, 3.05) is 6.61 Å². The molecule has 2 aromatic carbocycles. The Morgan fingerprint density at radius 1 is 0.857 bits per heavy atom. The Morgan fingerprint density at radius 3 is 2.05 bits per heavy atom. The zero-order chi connectivity index (χ0) is 29.9. The van der Waals surface area contributed by atoms with Gasteiger partial charge in [0.2, 0.25) is 0 Å². The number of ether oxygens (including phenoxy) is 1. The van der Waals surface area contributed by atoms with Crippen molar-refractivity contribution in [3.8, 4) is 22.8 Å². The number of benzene rings is 2. The summed E-state index contributed by atoms with van der Waals surface area (Å²) >= 11 is 0. The summed E-state index contributed by atoms with van der Waals surface area (Å²) in [6.45, 7) is 7.78. The first kappa shape index (κ1) is 28.6. The first-order valence-electron chi connectivity index (χ1n) is 13.4. The fourth-order valence-electron chi connectivity index (χ4n) is 4.52. The second-order valence-corrected chi connectivity index (χ2v) is 16.7. The summed E-state index contributed by atoms with van der Waals surface area (Å²) in [4.78, 5) is 29.0. The van der Waals surface area contributed by atoms with Gasteiger partial charge in [0.15, 0.2) is 0 Å². The standard InChI is InChI=1S/C18H23N3O3Si.C12H9N3O2/c1-25(2,3)9-8-24-12-21-17(14(11-19-21)18(22)23)16-10-13-6-4-5-7-15(13)20-16;16-12(17)8-6-13-15-11(8)10-5-7-3-1-2-4-9(7)14-10/h4-7,10-11,20H,8-9,12H2,1-3H3,(H,22,23);1-6,14H,(H,13,15)(H,16,17). The Bertz CT molecular complexity index is 1790. The van der Waals surface area contributed by atoms with E-state index in [1.165, 1.54) is 12.4 Å². The van der Waals surface area contributed by atoms with Crippen molar-refractivity contribution in [3.63, 3.8) is 0 Å². The number of nitrogens with zero attached hydrogens (tertiary/aromatic N) is 3. The number of aromatic carboxylic acids is 2. The number of aromatic amines is 3. The number of H-pyrrole nitrogens is 3. The molecule has 4 heterocycles. The number of rotatable bonds is 9. The molecule has 216 valence electrons. The molecule has 12 heteroatoms. The van der Waals surface area contributed by atoms with Gasteiger partial charge in [0.1, 0.15) is 23.6 Å². The lowest BCUT2D eigenvalue weighted by atomic mass is 10.2. The van der Waals surface area contributed by atoms with Gasteiger partial charge in [0, 0.05) is 36.5 Å². The van der Waals surface area contributed by atoms with Crippen LogP contribution in [0.25, 0.3) is 44.6 Å². The number of para-hydroxylation sites is 2. The zero-order valence-corrected chi connectivity index (χ0v) is 24.5. The van der Waals surface area contributed by atoms with Crippen molar-refractivity contribution < 1.29 is 24.5 Å². The average molecular weight is 585 g/mol. The maximum Gasteiger partial charge on any atom is 0.339 e. The summed E-state index contributed by atoms with van der Waals surface area (Å²) in [6, 6.07) is 20.5. The van der Waals surface area contributed by atoms with E-state index in [4.69, 9.17) is 9.84 Å². The highest BCUT2D eigenvalue weighted by Gasteiger charge is 2.21. The maximum absolute atomic E-state index is 11.6. The van der Waals surface area contributed by atoms with Crippen LogP contribution in [0.15, 0.2) is 73.1 Å². The van der Waals surface area contributed by atoms with Crippen molar-refractivity contribution in [3.05, 3.63) is 84.2 Å².